The van der Waals surface area contributed by atoms with Gasteiger partial charge in [0.1, 0.15) is 11.5 Å². The molecule has 3 heterocycles. The maximum atomic E-state index is 6.32. The Hall–Kier alpha value is -2.07. The Morgan fingerprint density at radius 3 is 2.83 bits per heavy atom. The van der Waals surface area contributed by atoms with Crippen LogP contribution in [0.15, 0.2) is 36.7 Å². The van der Waals surface area contributed by atoms with Gasteiger partial charge in [0.15, 0.2) is 5.60 Å². The molecule has 0 aliphatic carbocycles. The van der Waals surface area contributed by atoms with Crippen LogP contribution in [0.25, 0.3) is 11.1 Å². The molecule has 1 aromatic heterocycles. The first kappa shape index (κ1) is 15.5. The van der Waals surface area contributed by atoms with Gasteiger partial charge in [-0.25, -0.2) is 0 Å². The second-order valence-electron chi connectivity index (χ2n) is 7.05. The number of ether oxygens (including phenoxy) is 3. The zero-order valence-corrected chi connectivity index (χ0v) is 14.2. The van der Waals surface area contributed by atoms with Crippen LogP contribution in [0.5, 0.6) is 11.5 Å². The zero-order valence-electron chi connectivity index (χ0n) is 14.2. The Bertz CT molecular complexity index is 737. The van der Waals surface area contributed by atoms with E-state index < -0.39 is 0 Å². The highest BCUT2D eigenvalue weighted by molar-refractivity contribution is 5.77. The van der Waals surface area contributed by atoms with Gasteiger partial charge in [-0.05, 0) is 42.5 Å². The maximum absolute atomic E-state index is 6.32. The number of fused-ring (bicyclic) bond motifs is 4. The van der Waals surface area contributed by atoms with Crippen molar-refractivity contribution in [2.24, 2.45) is 5.92 Å². The summed E-state index contributed by atoms with van der Waals surface area (Å²) in [7, 11) is 0. The van der Waals surface area contributed by atoms with E-state index in [2.05, 4.69) is 31.0 Å². The van der Waals surface area contributed by atoms with Crippen LogP contribution in [0, 0.1) is 5.92 Å². The summed E-state index contributed by atoms with van der Waals surface area (Å²) in [5, 5.41) is 0. The molecule has 0 amide bonds. The van der Waals surface area contributed by atoms with Crippen LogP contribution >= 0.6 is 0 Å². The number of aromatic nitrogens is 1. The van der Waals surface area contributed by atoms with Crippen LogP contribution in [-0.4, -0.2) is 24.8 Å². The van der Waals surface area contributed by atoms with Crippen molar-refractivity contribution in [2.75, 3.05) is 19.8 Å². The van der Waals surface area contributed by atoms with Crippen LogP contribution in [0.2, 0.25) is 0 Å². The van der Waals surface area contributed by atoms with Crippen LogP contribution in [0.1, 0.15) is 32.3 Å². The van der Waals surface area contributed by atoms with Crippen molar-refractivity contribution < 1.29 is 14.2 Å². The van der Waals surface area contributed by atoms with E-state index in [4.69, 9.17) is 14.2 Å². The number of pyridine rings is 1. The number of nitrogens with zero attached hydrogens (tertiary/aromatic N) is 1. The fourth-order valence-corrected chi connectivity index (χ4v) is 3.34. The first-order valence-corrected chi connectivity index (χ1v) is 8.66. The second-order valence-corrected chi connectivity index (χ2v) is 7.05. The number of hydrogen-bond donors (Lipinski definition) is 0. The third-order valence-corrected chi connectivity index (χ3v) is 4.73. The Morgan fingerprint density at radius 2 is 2.08 bits per heavy atom. The van der Waals surface area contributed by atoms with Crippen molar-refractivity contribution in [3.63, 3.8) is 0 Å². The Labute approximate surface area is 142 Å². The van der Waals surface area contributed by atoms with Crippen molar-refractivity contribution >= 4 is 0 Å². The van der Waals surface area contributed by atoms with E-state index >= 15 is 0 Å². The molecule has 0 bridgehead atoms. The molecule has 2 aromatic rings. The van der Waals surface area contributed by atoms with Gasteiger partial charge in [0.25, 0.3) is 0 Å². The van der Waals surface area contributed by atoms with Gasteiger partial charge in [0.2, 0.25) is 0 Å². The minimum atomic E-state index is -0.382. The van der Waals surface area contributed by atoms with Gasteiger partial charge < -0.3 is 14.2 Å². The molecular weight excluding hydrogens is 302 g/mol. The number of benzene rings is 1. The SMILES string of the molecule is CC(C)CCCOc1ccc2c(c1)OC1(COC1)c1cnccc1-2. The lowest BCUT2D eigenvalue weighted by Gasteiger charge is -2.45. The Kier molecular flexibility index (Phi) is 3.93. The van der Waals surface area contributed by atoms with Crippen molar-refractivity contribution in [2.45, 2.75) is 32.3 Å². The smallest absolute Gasteiger partial charge is 0.182 e. The Morgan fingerprint density at radius 1 is 1.21 bits per heavy atom. The van der Waals surface area contributed by atoms with Gasteiger partial charge in [0, 0.05) is 29.6 Å². The molecule has 1 saturated heterocycles. The summed E-state index contributed by atoms with van der Waals surface area (Å²) < 4.78 is 17.7. The molecule has 126 valence electrons. The standard InChI is InChI=1S/C20H23NO3/c1-14(2)4-3-9-23-15-5-6-17-16-7-8-21-11-18(16)20(12-22-13-20)24-19(17)10-15/h5-8,10-11,14H,3-4,9,12-13H2,1-2H3. The molecule has 1 aromatic carbocycles. The molecule has 0 unspecified atom stereocenters. The van der Waals surface area contributed by atoms with E-state index in [0.717, 1.165) is 35.7 Å². The predicted octanol–water partition coefficient (Wildman–Crippen LogP) is 4.18. The highest BCUT2D eigenvalue weighted by Crippen LogP contribution is 2.48. The predicted molar refractivity (Wildman–Crippen MR) is 92.4 cm³/mol. The topological polar surface area (TPSA) is 40.6 Å². The average molecular weight is 325 g/mol. The van der Waals surface area contributed by atoms with Gasteiger partial charge in [-0.3, -0.25) is 4.98 Å². The third-order valence-electron chi connectivity index (χ3n) is 4.73. The quantitative estimate of drug-likeness (QED) is 0.773. The summed E-state index contributed by atoms with van der Waals surface area (Å²) in [6, 6.07) is 8.17. The molecule has 4 heteroatoms. The lowest BCUT2D eigenvalue weighted by molar-refractivity contribution is -0.169. The highest BCUT2D eigenvalue weighted by Gasteiger charge is 2.47. The summed E-state index contributed by atoms with van der Waals surface area (Å²) in [4.78, 5) is 4.27. The molecule has 0 radical (unpaired) electrons. The summed E-state index contributed by atoms with van der Waals surface area (Å²) in [6.07, 6.45) is 5.98. The van der Waals surface area contributed by atoms with E-state index in [9.17, 15) is 0 Å². The summed E-state index contributed by atoms with van der Waals surface area (Å²) in [5.74, 6) is 2.45. The number of rotatable bonds is 5. The monoisotopic (exact) mass is 325 g/mol. The van der Waals surface area contributed by atoms with Crippen LogP contribution in [0.3, 0.4) is 0 Å². The molecule has 0 saturated carbocycles. The minimum absolute atomic E-state index is 0.382. The molecule has 0 atom stereocenters. The molecule has 2 aliphatic rings. The van der Waals surface area contributed by atoms with Gasteiger partial charge in [-0.1, -0.05) is 13.8 Å². The Balaban J connectivity index is 1.58. The van der Waals surface area contributed by atoms with Crippen LogP contribution < -0.4 is 9.47 Å². The van der Waals surface area contributed by atoms with Crippen LogP contribution in [0.4, 0.5) is 0 Å². The molecule has 24 heavy (non-hydrogen) atoms. The van der Waals surface area contributed by atoms with E-state index in [0.29, 0.717) is 19.1 Å². The van der Waals surface area contributed by atoms with E-state index in [1.165, 1.54) is 12.0 Å². The average Bonchev–Trinajstić information content (AvgIpc) is 2.56. The van der Waals surface area contributed by atoms with Crippen molar-refractivity contribution in [1.29, 1.82) is 0 Å². The number of hydrogen-bond acceptors (Lipinski definition) is 4. The van der Waals surface area contributed by atoms with Crippen LogP contribution in [-0.2, 0) is 10.3 Å². The van der Waals surface area contributed by atoms with Gasteiger partial charge in [-0.15, -0.1) is 0 Å². The molecule has 0 N–H and O–H groups in total. The second kappa shape index (κ2) is 6.10. The molecule has 4 rings (SSSR count). The highest BCUT2D eigenvalue weighted by atomic mass is 16.6. The fraction of sp³-hybridized carbons (Fsp3) is 0.450. The zero-order chi connectivity index (χ0) is 16.6. The first-order valence-electron chi connectivity index (χ1n) is 8.66. The van der Waals surface area contributed by atoms with Gasteiger partial charge in [0.05, 0.1) is 19.8 Å². The van der Waals surface area contributed by atoms with E-state index in [1.807, 2.05) is 24.5 Å². The normalized spacial score (nSPS) is 17.0. The summed E-state index contributed by atoms with van der Waals surface area (Å²) >= 11 is 0. The van der Waals surface area contributed by atoms with E-state index in [-0.39, 0.29) is 5.60 Å². The van der Waals surface area contributed by atoms with Crippen molar-refractivity contribution in [1.82, 2.24) is 4.98 Å². The summed E-state index contributed by atoms with van der Waals surface area (Å²) in [5.41, 5.74) is 3.02. The van der Waals surface area contributed by atoms with Gasteiger partial charge >= 0.3 is 0 Å². The molecule has 2 aliphatic heterocycles. The minimum Gasteiger partial charge on any atom is -0.493 e. The summed E-state index contributed by atoms with van der Waals surface area (Å²) in [6.45, 7) is 6.36. The van der Waals surface area contributed by atoms with Gasteiger partial charge in [-0.2, -0.15) is 0 Å². The largest absolute Gasteiger partial charge is 0.493 e. The molecule has 1 fully saturated rings. The first-order chi connectivity index (χ1) is 11.7. The molecule has 4 nitrogen and oxygen atoms in total. The lowest BCUT2D eigenvalue weighted by atomic mass is 9.84. The third kappa shape index (κ3) is 2.65. The van der Waals surface area contributed by atoms with Crippen molar-refractivity contribution in [3.05, 3.63) is 42.2 Å². The fourth-order valence-electron chi connectivity index (χ4n) is 3.34. The molecule has 1 spiro atoms. The van der Waals surface area contributed by atoms with Crippen molar-refractivity contribution in [3.8, 4) is 22.6 Å². The van der Waals surface area contributed by atoms with E-state index in [1.54, 1.807) is 0 Å². The molecular formula is C20H23NO3. The maximum Gasteiger partial charge on any atom is 0.182 e. The lowest BCUT2D eigenvalue weighted by Crippen LogP contribution is -2.53.